The van der Waals surface area contributed by atoms with Gasteiger partial charge in [-0.15, -0.1) is 0 Å². The van der Waals surface area contributed by atoms with Crippen molar-refractivity contribution in [2.24, 2.45) is 0 Å². The summed E-state index contributed by atoms with van der Waals surface area (Å²) in [6, 6.07) is 5.80. The monoisotopic (exact) mass is 226 g/mol. The van der Waals surface area contributed by atoms with Crippen molar-refractivity contribution in [1.82, 2.24) is 9.88 Å². The van der Waals surface area contributed by atoms with Gasteiger partial charge in [0.05, 0.1) is 5.69 Å². The summed E-state index contributed by atoms with van der Waals surface area (Å²) < 4.78 is 0. The summed E-state index contributed by atoms with van der Waals surface area (Å²) in [6.45, 7) is 7.85. The van der Waals surface area contributed by atoms with Crippen molar-refractivity contribution < 1.29 is 0 Å². The van der Waals surface area contributed by atoms with Gasteiger partial charge < -0.3 is 4.90 Å². The van der Waals surface area contributed by atoms with Crippen LogP contribution in [0.3, 0.4) is 0 Å². The van der Waals surface area contributed by atoms with E-state index < -0.39 is 0 Å². The van der Waals surface area contributed by atoms with Gasteiger partial charge in [-0.2, -0.15) is 0 Å². The van der Waals surface area contributed by atoms with Crippen LogP contribution in [-0.2, 0) is 0 Å². The molecule has 0 spiro atoms. The van der Waals surface area contributed by atoms with Gasteiger partial charge in [0.25, 0.3) is 0 Å². The molecule has 17 heavy (non-hydrogen) atoms. The smallest absolute Gasteiger partial charge is 0.0629 e. The lowest BCUT2D eigenvalue weighted by molar-refractivity contribution is 0.532. The Morgan fingerprint density at radius 3 is 2.53 bits per heavy atom. The largest absolute Gasteiger partial charge is 0.378 e. The van der Waals surface area contributed by atoms with Crippen LogP contribution in [0, 0.1) is 0 Å². The highest BCUT2D eigenvalue weighted by molar-refractivity contribution is 5.50. The standard InChI is InChI=1S/C15H18N2/c1-13(8-10-14(2)17(3)4)9-11-15-7-5-6-12-16-15/h5-12H,1-2H2,3-4H3/b10-8-,11-9+. The molecule has 0 saturated carbocycles. The van der Waals surface area contributed by atoms with Gasteiger partial charge in [-0.25, -0.2) is 0 Å². The fourth-order valence-electron chi connectivity index (χ4n) is 1.07. The van der Waals surface area contributed by atoms with Crippen LogP contribution in [0.15, 0.2) is 67.1 Å². The van der Waals surface area contributed by atoms with Gasteiger partial charge in [-0.1, -0.05) is 31.4 Å². The van der Waals surface area contributed by atoms with E-state index in [9.17, 15) is 0 Å². The van der Waals surface area contributed by atoms with Gasteiger partial charge in [-0.05, 0) is 29.9 Å². The zero-order valence-corrected chi connectivity index (χ0v) is 10.4. The summed E-state index contributed by atoms with van der Waals surface area (Å²) in [6.07, 6.45) is 9.51. The second-order valence-electron chi connectivity index (χ2n) is 3.88. The van der Waals surface area contributed by atoms with E-state index in [4.69, 9.17) is 0 Å². The minimum Gasteiger partial charge on any atom is -0.378 e. The molecule has 0 amide bonds. The van der Waals surface area contributed by atoms with Crippen LogP contribution in [-0.4, -0.2) is 24.0 Å². The summed E-state index contributed by atoms with van der Waals surface area (Å²) in [4.78, 5) is 6.15. The number of aromatic nitrogens is 1. The molecule has 1 aromatic rings. The van der Waals surface area contributed by atoms with Gasteiger partial charge in [0.15, 0.2) is 0 Å². The van der Waals surface area contributed by atoms with E-state index >= 15 is 0 Å². The van der Waals surface area contributed by atoms with Crippen molar-refractivity contribution in [2.75, 3.05) is 14.1 Å². The molecule has 2 heteroatoms. The van der Waals surface area contributed by atoms with Crippen LogP contribution in [0.2, 0.25) is 0 Å². The molecule has 88 valence electrons. The van der Waals surface area contributed by atoms with E-state index in [0.717, 1.165) is 17.0 Å². The molecule has 0 atom stereocenters. The molecule has 0 aliphatic heterocycles. The lowest BCUT2D eigenvalue weighted by Gasteiger charge is -2.10. The van der Waals surface area contributed by atoms with Crippen molar-refractivity contribution in [2.45, 2.75) is 0 Å². The first kappa shape index (κ1) is 13.0. The minimum atomic E-state index is 0.915. The predicted molar refractivity (Wildman–Crippen MR) is 74.4 cm³/mol. The predicted octanol–water partition coefficient (Wildman–Crippen LogP) is 3.28. The average Bonchev–Trinajstić information content (AvgIpc) is 2.34. The van der Waals surface area contributed by atoms with Gasteiger partial charge in [0.2, 0.25) is 0 Å². The van der Waals surface area contributed by atoms with Gasteiger partial charge in [-0.3, -0.25) is 4.98 Å². The van der Waals surface area contributed by atoms with Crippen molar-refractivity contribution in [1.29, 1.82) is 0 Å². The van der Waals surface area contributed by atoms with Crippen LogP contribution in [0.4, 0.5) is 0 Å². The maximum absolute atomic E-state index is 4.20. The van der Waals surface area contributed by atoms with Crippen LogP contribution >= 0.6 is 0 Å². The van der Waals surface area contributed by atoms with E-state index in [2.05, 4.69) is 18.1 Å². The summed E-state index contributed by atoms with van der Waals surface area (Å²) in [7, 11) is 3.92. The molecule has 1 heterocycles. The molecule has 0 radical (unpaired) electrons. The zero-order chi connectivity index (χ0) is 12.7. The normalized spacial score (nSPS) is 10.9. The maximum Gasteiger partial charge on any atom is 0.0629 e. The van der Waals surface area contributed by atoms with Crippen molar-refractivity contribution in [3.63, 3.8) is 0 Å². The lowest BCUT2D eigenvalue weighted by Crippen LogP contribution is -2.07. The van der Waals surface area contributed by atoms with E-state index in [1.807, 2.05) is 61.5 Å². The Kier molecular flexibility index (Phi) is 4.95. The Morgan fingerprint density at radius 1 is 1.18 bits per heavy atom. The molecule has 0 aromatic carbocycles. The molecule has 0 N–H and O–H groups in total. The molecule has 0 saturated heterocycles. The van der Waals surface area contributed by atoms with E-state index in [1.54, 1.807) is 6.20 Å². The number of hydrogen-bond donors (Lipinski definition) is 0. The fraction of sp³-hybridized carbons (Fsp3) is 0.133. The number of nitrogens with zero attached hydrogens (tertiary/aromatic N) is 2. The Morgan fingerprint density at radius 2 is 1.94 bits per heavy atom. The second-order valence-corrected chi connectivity index (χ2v) is 3.88. The summed E-state index contributed by atoms with van der Waals surface area (Å²) in [5.74, 6) is 0. The highest BCUT2D eigenvalue weighted by Gasteiger charge is 1.89. The highest BCUT2D eigenvalue weighted by Crippen LogP contribution is 2.04. The number of rotatable bonds is 5. The third-order valence-electron chi connectivity index (χ3n) is 2.22. The van der Waals surface area contributed by atoms with Crippen LogP contribution in [0.5, 0.6) is 0 Å². The van der Waals surface area contributed by atoms with Crippen LogP contribution in [0.1, 0.15) is 5.69 Å². The molecule has 0 bridgehead atoms. The van der Waals surface area contributed by atoms with Gasteiger partial charge in [0.1, 0.15) is 0 Å². The minimum absolute atomic E-state index is 0.915. The molecule has 1 rings (SSSR count). The average molecular weight is 226 g/mol. The van der Waals surface area contributed by atoms with Crippen LogP contribution < -0.4 is 0 Å². The molecule has 1 aromatic heterocycles. The lowest BCUT2D eigenvalue weighted by atomic mass is 10.2. The summed E-state index contributed by atoms with van der Waals surface area (Å²) in [5.41, 5.74) is 2.78. The number of likely N-dealkylation sites (N-methyl/N-ethyl adjacent to an activating group) is 1. The third-order valence-corrected chi connectivity index (χ3v) is 2.22. The maximum atomic E-state index is 4.20. The molecule has 2 nitrogen and oxygen atoms in total. The molecule has 0 aliphatic carbocycles. The van der Waals surface area contributed by atoms with Gasteiger partial charge >= 0.3 is 0 Å². The number of pyridine rings is 1. The summed E-state index contributed by atoms with van der Waals surface area (Å²) >= 11 is 0. The number of allylic oxidation sites excluding steroid dienone is 4. The SMILES string of the molecule is C=C(/C=C\C(=C)N(C)C)/C=C/c1ccccn1. The fourth-order valence-corrected chi connectivity index (χ4v) is 1.07. The molecule has 0 aliphatic rings. The Labute approximate surface area is 103 Å². The zero-order valence-electron chi connectivity index (χ0n) is 10.4. The Hall–Kier alpha value is -2.09. The summed E-state index contributed by atoms with van der Waals surface area (Å²) in [5, 5.41) is 0. The first-order valence-electron chi connectivity index (χ1n) is 5.42. The highest BCUT2D eigenvalue weighted by atomic mass is 15.1. The van der Waals surface area contributed by atoms with Crippen molar-refractivity contribution in [3.05, 3.63) is 72.7 Å². The number of hydrogen-bond acceptors (Lipinski definition) is 2. The first-order chi connectivity index (χ1) is 8.09. The van der Waals surface area contributed by atoms with Gasteiger partial charge in [0, 0.05) is 26.0 Å². The Bertz CT molecular complexity index is 439. The first-order valence-corrected chi connectivity index (χ1v) is 5.42. The van der Waals surface area contributed by atoms with E-state index in [-0.39, 0.29) is 0 Å². The van der Waals surface area contributed by atoms with Crippen molar-refractivity contribution in [3.8, 4) is 0 Å². The molecule has 0 fully saturated rings. The molecule has 0 unspecified atom stereocenters. The third kappa shape index (κ3) is 4.98. The van der Waals surface area contributed by atoms with Crippen molar-refractivity contribution >= 4 is 6.08 Å². The quantitative estimate of drug-likeness (QED) is 0.716. The topological polar surface area (TPSA) is 16.1 Å². The van der Waals surface area contributed by atoms with E-state index in [0.29, 0.717) is 0 Å². The Balaban J connectivity index is 2.56. The molecular weight excluding hydrogens is 208 g/mol. The second kappa shape index (κ2) is 6.48. The molecular formula is C15H18N2. The van der Waals surface area contributed by atoms with E-state index in [1.165, 1.54) is 0 Å². The van der Waals surface area contributed by atoms with Crippen LogP contribution in [0.25, 0.3) is 6.08 Å².